The van der Waals surface area contributed by atoms with E-state index in [9.17, 15) is 28.3 Å². The Morgan fingerprint density at radius 3 is 2.53 bits per heavy atom. The molecule has 156 valence electrons. The lowest BCUT2D eigenvalue weighted by atomic mass is 10.0. The first-order chi connectivity index (χ1) is 14.1. The van der Waals surface area contributed by atoms with E-state index in [4.69, 9.17) is 21.6 Å². The molecule has 3 rings (SSSR count). The highest BCUT2D eigenvalue weighted by Gasteiger charge is 2.51. The molecular formula is C19H15ClFN3O5S. The monoisotopic (exact) mass is 451 g/mol. The van der Waals surface area contributed by atoms with Gasteiger partial charge in [-0.3, -0.25) is 0 Å². The zero-order valence-electron chi connectivity index (χ0n) is 15.3. The number of rotatable bonds is 5. The van der Waals surface area contributed by atoms with Gasteiger partial charge in [-0.2, -0.15) is 14.8 Å². The number of nitrogens with zero attached hydrogens (tertiary/aromatic N) is 3. The van der Waals surface area contributed by atoms with Crippen molar-refractivity contribution >= 4 is 21.6 Å². The van der Waals surface area contributed by atoms with Gasteiger partial charge in [-0.05, 0) is 30.3 Å². The van der Waals surface area contributed by atoms with Crippen molar-refractivity contribution in [2.75, 3.05) is 19.7 Å². The van der Waals surface area contributed by atoms with Crippen LogP contribution in [0.1, 0.15) is 11.1 Å². The Balaban J connectivity index is 1.92. The van der Waals surface area contributed by atoms with E-state index in [0.717, 1.165) is 10.4 Å². The molecule has 0 amide bonds. The number of hydrogen-bond donors (Lipinski definition) is 2. The molecule has 0 radical (unpaired) electrons. The molecule has 1 aliphatic heterocycles. The van der Waals surface area contributed by atoms with Gasteiger partial charge in [0.1, 0.15) is 40.3 Å². The van der Waals surface area contributed by atoms with Crippen LogP contribution in [0.15, 0.2) is 41.3 Å². The molecule has 2 N–H and O–H groups in total. The van der Waals surface area contributed by atoms with Gasteiger partial charge in [0.2, 0.25) is 10.0 Å². The van der Waals surface area contributed by atoms with Crippen molar-refractivity contribution in [2.45, 2.75) is 16.6 Å². The fraction of sp³-hybridized carbons (Fsp3) is 0.263. The Hall–Kier alpha value is -2.73. The van der Waals surface area contributed by atoms with E-state index in [0.29, 0.717) is 0 Å². The summed E-state index contributed by atoms with van der Waals surface area (Å²) >= 11 is 5.82. The van der Waals surface area contributed by atoms with Crippen molar-refractivity contribution in [2.24, 2.45) is 0 Å². The van der Waals surface area contributed by atoms with Crippen LogP contribution in [0.3, 0.4) is 0 Å². The van der Waals surface area contributed by atoms with Crippen LogP contribution in [-0.2, 0) is 10.0 Å². The van der Waals surface area contributed by atoms with Crippen LogP contribution in [0.4, 0.5) is 4.39 Å². The van der Waals surface area contributed by atoms with Gasteiger partial charge < -0.3 is 14.9 Å². The summed E-state index contributed by atoms with van der Waals surface area (Å²) in [4.78, 5) is -0.306. The molecule has 0 aromatic heterocycles. The third kappa shape index (κ3) is 3.97. The fourth-order valence-electron chi connectivity index (χ4n) is 3.09. The Morgan fingerprint density at radius 1 is 1.23 bits per heavy atom. The zero-order valence-corrected chi connectivity index (χ0v) is 16.9. The fourth-order valence-corrected chi connectivity index (χ4v) is 4.88. The summed E-state index contributed by atoms with van der Waals surface area (Å²) in [5, 5.41) is 38.6. The maximum Gasteiger partial charge on any atom is 0.244 e. The lowest BCUT2D eigenvalue weighted by Gasteiger charge is -2.27. The maximum absolute atomic E-state index is 13.8. The lowest BCUT2D eigenvalue weighted by molar-refractivity contribution is -0.0641. The van der Waals surface area contributed by atoms with Gasteiger partial charge in [0, 0.05) is 17.6 Å². The summed E-state index contributed by atoms with van der Waals surface area (Å²) in [5.74, 6) is -0.892. The molecule has 0 spiro atoms. The van der Waals surface area contributed by atoms with E-state index in [2.05, 4.69) is 0 Å². The minimum absolute atomic E-state index is 0.0492. The van der Waals surface area contributed by atoms with Gasteiger partial charge in [-0.25, -0.2) is 12.8 Å². The average molecular weight is 452 g/mol. The first kappa shape index (κ1) is 22.0. The normalized spacial score (nSPS) is 21.7. The topological polar surface area (TPSA) is 135 Å². The van der Waals surface area contributed by atoms with Crippen molar-refractivity contribution in [1.82, 2.24) is 4.31 Å². The van der Waals surface area contributed by atoms with Crippen molar-refractivity contribution < 1.29 is 27.8 Å². The molecule has 0 bridgehead atoms. The van der Waals surface area contributed by atoms with E-state index in [1.54, 1.807) is 12.1 Å². The Morgan fingerprint density at radius 2 is 1.93 bits per heavy atom. The molecule has 0 aliphatic carbocycles. The number of nitriles is 2. The van der Waals surface area contributed by atoms with E-state index < -0.39 is 40.7 Å². The molecule has 1 aliphatic rings. The first-order valence-corrected chi connectivity index (χ1v) is 10.4. The minimum atomic E-state index is -4.24. The van der Waals surface area contributed by atoms with E-state index in [1.807, 2.05) is 0 Å². The van der Waals surface area contributed by atoms with E-state index in [1.165, 1.54) is 30.3 Å². The number of benzene rings is 2. The van der Waals surface area contributed by atoms with Gasteiger partial charge in [0.15, 0.2) is 0 Å². The zero-order chi connectivity index (χ0) is 22.1. The third-order valence-electron chi connectivity index (χ3n) is 4.71. The SMILES string of the molecule is N#Cc1ccc(O[C@H]2CN(S(=O)(=O)c3ccc(Cl)cc3C#N)C[C@@]2(O)CO)cc1F. The Kier molecular flexibility index (Phi) is 5.99. The maximum atomic E-state index is 13.8. The van der Waals surface area contributed by atoms with Crippen LogP contribution in [0, 0.1) is 28.5 Å². The highest BCUT2D eigenvalue weighted by molar-refractivity contribution is 7.89. The molecule has 1 heterocycles. The summed E-state index contributed by atoms with van der Waals surface area (Å²) < 4.78 is 46.4. The summed E-state index contributed by atoms with van der Waals surface area (Å²) in [6, 6.07) is 10.5. The second-order valence-corrected chi connectivity index (χ2v) is 9.01. The van der Waals surface area contributed by atoms with Crippen molar-refractivity contribution in [1.29, 1.82) is 10.5 Å². The molecule has 30 heavy (non-hydrogen) atoms. The summed E-state index contributed by atoms with van der Waals surface area (Å²) in [6.07, 6.45) is -1.23. The number of sulfonamides is 1. The molecule has 0 unspecified atom stereocenters. The van der Waals surface area contributed by atoms with Crippen LogP contribution in [0.25, 0.3) is 0 Å². The molecule has 1 saturated heterocycles. The van der Waals surface area contributed by atoms with Gasteiger partial charge >= 0.3 is 0 Å². The number of aliphatic hydroxyl groups is 2. The average Bonchev–Trinajstić information content (AvgIpc) is 3.05. The van der Waals surface area contributed by atoms with Crippen molar-refractivity contribution in [3.05, 3.63) is 58.4 Å². The standard InChI is InChI=1S/C19H15ClFN3O5S/c20-14-2-4-17(13(5-14)8-23)30(27,28)24-9-18(19(26,10-24)11-25)29-15-3-1-12(7-22)16(21)6-15/h1-6,18,25-26H,9-11H2/t18-,19+/m0/s1. The van der Waals surface area contributed by atoms with Gasteiger partial charge in [-0.1, -0.05) is 11.6 Å². The van der Waals surface area contributed by atoms with Crippen LogP contribution in [0.2, 0.25) is 5.02 Å². The highest BCUT2D eigenvalue weighted by Crippen LogP contribution is 2.32. The molecule has 8 nitrogen and oxygen atoms in total. The smallest absolute Gasteiger partial charge is 0.244 e. The molecule has 2 atom stereocenters. The second kappa shape index (κ2) is 8.19. The van der Waals surface area contributed by atoms with Crippen LogP contribution < -0.4 is 4.74 Å². The van der Waals surface area contributed by atoms with Crippen LogP contribution in [0.5, 0.6) is 5.75 Å². The molecule has 2 aromatic rings. The lowest BCUT2D eigenvalue weighted by Crippen LogP contribution is -2.48. The first-order valence-electron chi connectivity index (χ1n) is 8.54. The van der Waals surface area contributed by atoms with Crippen molar-refractivity contribution in [3.8, 4) is 17.9 Å². The summed E-state index contributed by atoms with van der Waals surface area (Å²) in [5.41, 5.74) is -2.35. The number of β-amino-alcohol motifs (C(OH)–C–C–N with tert-alkyl or cyclic N) is 1. The van der Waals surface area contributed by atoms with E-state index in [-0.39, 0.29) is 33.3 Å². The highest BCUT2D eigenvalue weighted by atomic mass is 35.5. The number of halogens is 2. The Bertz CT molecular complexity index is 1180. The largest absolute Gasteiger partial charge is 0.486 e. The molecular weight excluding hydrogens is 437 g/mol. The van der Waals surface area contributed by atoms with Gasteiger partial charge in [-0.15, -0.1) is 0 Å². The Labute approximate surface area is 177 Å². The third-order valence-corrected chi connectivity index (χ3v) is 6.82. The summed E-state index contributed by atoms with van der Waals surface area (Å²) in [6.45, 7) is -1.70. The van der Waals surface area contributed by atoms with Gasteiger partial charge in [0.25, 0.3) is 0 Å². The number of aliphatic hydroxyl groups excluding tert-OH is 1. The number of ether oxygens (including phenoxy) is 1. The quantitative estimate of drug-likeness (QED) is 0.701. The number of hydrogen-bond acceptors (Lipinski definition) is 7. The summed E-state index contributed by atoms with van der Waals surface area (Å²) in [7, 11) is -4.24. The molecule has 11 heteroatoms. The predicted molar refractivity (Wildman–Crippen MR) is 102 cm³/mol. The predicted octanol–water partition coefficient (Wildman–Crippen LogP) is 1.40. The van der Waals surface area contributed by atoms with Crippen LogP contribution >= 0.6 is 11.6 Å². The second-order valence-electron chi connectivity index (χ2n) is 6.67. The van der Waals surface area contributed by atoms with Crippen LogP contribution in [-0.4, -0.2) is 54.3 Å². The molecule has 0 saturated carbocycles. The van der Waals surface area contributed by atoms with E-state index >= 15 is 0 Å². The minimum Gasteiger partial charge on any atom is -0.486 e. The van der Waals surface area contributed by atoms with Crippen molar-refractivity contribution in [3.63, 3.8) is 0 Å². The molecule has 2 aromatic carbocycles. The van der Waals surface area contributed by atoms with Gasteiger partial charge in [0.05, 0.1) is 24.3 Å². The molecule has 1 fully saturated rings.